The van der Waals surface area contributed by atoms with Crippen LogP contribution in [0.4, 0.5) is 0 Å². The molecule has 0 aliphatic carbocycles. The van der Waals surface area contributed by atoms with Crippen molar-refractivity contribution < 1.29 is 8.42 Å². The summed E-state index contributed by atoms with van der Waals surface area (Å²) < 4.78 is 30.3. The Bertz CT molecular complexity index is 1120. The molecule has 10 heteroatoms. The van der Waals surface area contributed by atoms with Crippen molar-refractivity contribution in [1.29, 1.82) is 0 Å². The van der Waals surface area contributed by atoms with Crippen LogP contribution in [-0.4, -0.2) is 52.1 Å². The minimum Gasteiger partial charge on any atom is -0.312 e. The van der Waals surface area contributed by atoms with Gasteiger partial charge in [0, 0.05) is 43.7 Å². The van der Waals surface area contributed by atoms with Gasteiger partial charge in [0.25, 0.3) is 0 Å². The fraction of sp³-hybridized carbons (Fsp3) is 0.421. The second kappa shape index (κ2) is 7.98. The van der Waals surface area contributed by atoms with Gasteiger partial charge in [-0.25, -0.2) is 8.42 Å². The number of hydrogen-bond donors (Lipinski definition) is 1. The average molecular weight is 435 g/mol. The molecule has 154 valence electrons. The van der Waals surface area contributed by atoms with Crippen LogP contribution in [0.2, 0.25) is 0 Å². The lowest BCUT2D eigenvalue weighted by Crippen LogP contribution is -2.39. The summed E-state index contributed by atoms with van der Waals surface area (Å²) in [4.78, 5) is 4.60. The first-order valence-electron chi connectivity index (χ1n) is 9.61. The third kappa shape index (κ3) is 3.52. The second-order valence-electron chi connectivity index (χ2n) is 7.31. The average Bonchev–Trinajstić information content (AvgIpc) is 3.17. The molecule has 1 aromatic carbocycles. The number of nitrogens with one attached hydrogen (secondary N) is 1. The lowest BCUT2D eigenvalue weighted by atomic mass is 9.97. The van der Waals surface area contributed by atoms with Gasteiger partial charge < -0.3 is 9.88 Å². The number of fused-ring (bicyclic) bond motifs is 2. The van der Waals surface area contributed by atoms with Crippen molar-refractivity contribution in [3.8, 4) is 0 Å². The van der Waals surface area contributed by atoms with Crippen molar-refractivity contribution in [2.45, 2.75) is 36.7 Å². The van der Waals surface area contributed by atoms with Gasteiger partial charge in [-0.15, -0.1) is 22.6 Å². The minimum absolute atomic E-state index is 0. The molecule has 0 amide bonds. The predicted molar refractivity (Wildman–Crippen MR) is 111 cm³/mol. The highest BCUT2D eigenvalue weighted by atomic mass is 35.5. The lowest BCUT2D eigenvalue weighted by molar-refractivity contribution is 0.307. The Balaban J connectivity index is 0.00000205. The van der Waals surface area contributed by atoms with Gasteiger partial charge in [0.2, 0.25) is 10.0 Å². The zero-order chi connectivity index (χ0) is 19.1. The fourth-order valence-corrected chi connectivity index (χ4v) is 5.83. The van der Waals surface area contributed by atoms with Gasteiger partial charge in [-0.3, -0.25) is 4.98 Å². The third-order valence-electron chi connectivity index (χ3n) is 5.68. The maximum Gasteiger partial charge on any atom is 0.245 e. The van der Waals surface area contributed by atoms with Crippen LogP contribution < -0.4 is 5.32 Å². The number of para-hydroxylation sites is 1. The van der Waals surface area contributed by atoms with Crippen LogP contribution in [0.1, 0.15) is 30.4 Å². The van der Waals surface area contributed by atoms with Crippen LogP contribution in [0.5, 0.6) is 0 Å². The fourth-order valence-electron chi connectivity index (χ4n) is 4.19. The van der Waals surface area contributed by atoms with Crippen molar-refractivity contribution >= 4 is 33.3 Å². The Hall–Kier alpha value is -2.07. The monoisotopic (exact) mass is 434 g/mol. The molecule has 29 heavy (non-hydrogen) atoms. The molecule has 1 saturated heterocycles. The van der Waals surface area contributed by atoms with Gasteiger partial charge in [0.1, 0.15) is 16.5 Å². The van der Waals surface area contributed by atoms with Crippen LogP contribution in [0.15, 0.2) is 41.4 Å². The van der Waals surface area contributed by atoms with E-state index in [9.17, 15) is 8.42 Å². The summed E-state index contributed by atoms with van der Waals surface area (Å²) in [6, 6.07) is 9.02. The molecular weight excluding hydrogens is 412 g/mol. The van der Waals surface area contributed by atoms with E-state index in [-0.39, 0.29) is 23.2 Å². The van der Waals surface area contributed by atoms with Crippen molar-refractivity contribution in [1.82, 2.24) is 29.4 Å². The molecular formula is C19H23ClN6O2S. The smallest absolute Gasteiger partial charge is 0.245 e. The molecule has 2 aromatic heterocycles. The zero-order valence-electron chi connectivity index (χ0n) is 15.9. The first-order chi connectivity index (χ1) is 13.6. The van der Waals surface area contributed by atoms with E-state index < -0.39 is 10.0 Å². The van der Waals surface area contributed by atoms with Gasteiger partial charge in [-0.1, -0.05) is 18.2 Å². The summed E-state index contributed by atoms with van der Waals surface area (Å²) in [6.45, 7) is 3.50. The number of piperidine rings is 1. The van der Waals surface area contributed by atoms with E-state index >= 15 is 0 Å². The molecule has 2 aliphatic heterocycles. The van der Waals surface area contributed by atoms with E-state index in [1.807, 2.05) is 18.2 Å². The van der Waals surface area contributed by atoms with Gasteiger partial charge >= 0.3 is 0 Å². The van der Waals surface area contributed by atoms with E-state index in [0.717, 1.165) is 49.5 Å². The number of rotatable bonds is 3. The third-order valence-corrected chi connectivity index (χ3v) is 7.61. The highest BCUT2D eigenvalue weighted by Crippen LogP contribution is 2.32. The van der Waals surface area contributed by atoms with Crippen molar-refractivity contribution in [3.05, 3.63) is 48.2 Å². The van der Waals surface area contributed by atoms with Crippen LogP contribution in [0, 0.1) is 0 Å². The molecule has 2 aliphatic rings. The molecule has 0 saturated carbocycles. The molecule has 0 bridgehead atoms. The Labute approximate surface area is 175 Å². The van der Waals surface area contributed by atoms with E-state index in [1.54, 1.807) is 22.6 Å². The number of hydrogen-bond acceptors (Lipinski definition) is 6. The van der Waals surface area contributed by atoms with Gasteiger partial charge in [-0.05, 0) is 25.0 Å². The highest BCUT2D eigenvalue weighted by Gasteiger charge is 2.33. The molecule has 0 radical (unpaired) electrons. The standard InChI is InChI=1S/C19H22N6O2S.ClH/c26-28(27,16-5-1-3-14-4-2-8-21-18(14)16)24-10-6-15(7-11-24)19-23-22-17-13-20-9-12-25(17)19;/h1-5,8,15,20H,6-7,9-13H2;1H. The Morgan fingerprint density at radius 2 is 1.83 bits per heavy atom. The van der Waals surface area contributed by atoms with Gasteiger partial charge in [0.15, 0.2) is 0 Å². The van der Waals surface area contributed by atoms with E-state index in [2.05, 4.69) is 25.1 Å². The van der Waals surface area contributed by atoms with Crippen LogP contribution in [-0.2, 0) is 23.1 Å². The molecule has 0 atom stereocenters. The van der Waals surface area contributed by atoms with E-state index in [4.69, 9.17) is 0 Å². The highest BCUT2D eigenvalue weighted by molar-refractivity contribution is 7.89. The van der Waals surface area contributed by atoms with E-state index in [1.165, 1.54) is 0 Å². The maximum absolute atomic E-state index is 13.3. The molecule has 8 nitrogen and oxygen atoms in total. The largest absolute Gasteiger partial charge is 0.312 e. The summed E-state index contributed by atoms with van der Waals surface area (Å²) in [7, 11) is -3.58. The first kappa shape index (κ1) is 20.2. The van der Waals surface area contributed by atoms with Gasteiger partial charge in [-0.2, -0.15) is 4.31 Å². The summed E-state index contributed by atoms with van der Waals surface area (Å²) >= 11 is 0. The molecule has 4 heterocycles. The summed E-state index contributed by atoms with van der Waals surface area (Å²) in [5.41, 5.74) is 0.533. The summed E-state index contributed by atoms with van der Waals surface area (Å²) in [5.74, 6) is 2.22. The van der Waals surface area contributed by atoms with Crippen LogP contribution in [0.3, 0.4) is 0 Å². The minimum atomic E-state index is -3.58. The molecule has 5 rings (SSSR count). The Kier molecular flexibility index (Phi) is 5.56. The molecule has 0 spiro atoms. The number of pyridine rings is 1. The molecule has 0 unspecified atom stereocenters. The lowest BCUT2D eigenvalue weighted by Gasteiger charge is -2.31. The first-order valence-corrected chi connectivity index (χ1v) is 11.1. The maximum atomic E-state index is 13.3. The van der Waals surface area contributed by atoms with Crippen LogP contribution >= 0.6 is 12.4 Å². The molecule has 1 fully saturated rings. The number of benzene rings is 1. The van der Waals surface area contributed by atoms with Gasteiger partial charge in [0.05, 0.1) is 12.1 Å². The van der Waals surface area contributed by atoms with Crippen molar-refractivity contribution in [2.75, 3.05) is 19.6 Å². The topological polar surface area (TPSA) is 93.0 Å². The SMILES string of the molecule is Cl.O=S(=O)(c1cccc2cccnc12)N1CCC(c2nnc3n2CCNC3)CC1. The Morgan fingerprint density at radius 3 is 2.66 bits per heavy atom. The summed E-state index contributed by atoms with van der Waals surface area (Å²) in [5, 5.41) is 12.8. The summed E-state index contributed by atoms with van der Waals surface area (Å²) in [6.07, 6.45) is 3.14. The second-order valence-corrected chi connectivity index (χ2v) is 9.22. The number of nitrogens with zero attached hydrogens (tertiary/aromatic N) is 5. The number of halogens is 1. The van der Waals surface area contributed by atoms with Crippen LogP contribution in [0.25, 0.3) is 10.9 Å². The normalized spacial score (nSPS) is 18.3. The molecule has 1 N–H and O–H groups in total. The number of sulfonamides is 1. The van der Waals surface area contributed by atoms with Crippen molar-refractivity contribution in [2.24, 2.45) is 0 Å². The van der Waals surface area contributed by atoms with Crippen molar-refractivity contribution in [3.63, 3.8) is 0 Å². The Morgan fingerprint density at radius 1 is 1.03 bits per heavy atom. The van der Waals surface area contributed by atoms with E-state index in [0.29, 0.717) is 18.6 Å². The quantitative estimate of drug-likeness (QED) is 0.677. The number of aromatic nitrogens is 4. The predicted octanol–water partition coefficient (Wildman–Crippen LogP) is 1.92. The molecule has 3 aromatic rings. The zero-order valence-corrected chi connectivity index (χ0v) is 17.5.